The molecule has 0 radical (unpaired) electrons. The van der Waals surface area contributed by atoms with Crippen LogP contribution >= 0.6 is 0 Å². The van der Waals surface area contributed by atoms with Crippen LogP contribution in [0.4, 0.5) is 0 Å². The van der Waals surface area contributed by atoms with E-state index >= 15 is 0 Å². The van der Waals surface area contributed by atoms with E-state index in [2.05, 4.69) is 36.2 Å². The number of aryl methyl sites for hydroxylation is 1. The highest BCUT2D eigenvalue weighted by atomic mass is 16.5. The molecule has 1 heterocycles. The molecule has 3 aromatic rings. The maximum Gasteiger partial charge on any atom is 0.255 e. The Morgan fingerprint density at radius 3 is 2.50 bits per heavy atom. The van der Waals surface area contributed by atoms with E-state index in [1.54, 1.807) is 7.11 Å². The largest absolute Gasteiger partial charge is 0.497 e. The third-order valence-corrected chi connectivity index (χ3v) is 5.14. The first-order valence-corrected chi connectivity index (χ1v) is 9.71. The van der Waals surface area contributed by atoms with Crippen molar-refractivity contribution in [1.29, 1.82) is 0 Å². The van der Waals surface area contributed by atoms with Gasteiger partial charge in [0.15, 0.2) is 0 Å². The predicted octanol–water partition coefficient (Wildman–Crippen LogP) is 4.52. The monoisotopic (exact) mass is 380 g/mol. The summed E-state index contributed by atoms with van der Waals surface area (Å²) in [6, 6.07) is 13.8. The minimum absolute atomic E-state index is 0.137. The summed E-state index contributed by atoms with van der Waals surface area (Å²) < 4.78 is 11.0. The molecule has 0 atom stereocenters. The number of carbonyl (C=O) groups excluding carboxylic acids is 1. The molecule has 1 amide bonds. The summed E-state index contributed by atoms with van der Waals surface area (Å²) in [6.45, 7) is 9.49. The zero-order valence-corrected chi connectivity index (χ0v) is 17.0. The van der Waals surface area contributed by atoms with Gasteiger partial charge in [-0.25, -0.2) is 0 Å². The van der Waals surface area contributed by atoms with Gasteiger partial charge >= 0.3 is 0 Å². The fourth-order valence-electron chi connectivity index (χ4n) is 3.44. The van der Waals surface area contributed by atoms with Gasteiger partial charge in [-0.2, -0.15) is 0 Å². The molecule has 0 saturated heterocycles. The first-order chi connectivity index (χ1) is 13.6. The number of nitrogens with zero attached hydrogens (tertiary/aromatic N) is 1. The lowest BCUT2D eigenvalue weighted by atomic mass is 10.1. The predicted molar refractivity (Wildman–Crippen MR) is 112 cm³/mol. The summed E-state index contributed by atoms with van der Waals surface area (Å²) in [5.74, 6) is 1.17. The van der Waals surface area contributed by atoms with Gasteiger partial charge in [-0.15, -0.1) is 0 Å². The second-order valence-corrected chi connectivity index (χ2v) is 6.81. The van der Waals surface area contributed by atoms with E-state index < -0.39 is 0 Å². The lowest BCUT2D eigenvalue weighted by Crippen LogP contribution is -2.26. The van der Waals surface area contributed by atoms with Crippen LogP contribution < -0.4 is 10.1 Å². The van der Waals surface area contributed by atoms with Crippen molar-refractivity contribution in [3.63, 3.8) is 0 Å². The van der Waals surface area contributed by atoms with Crippen molar-refractivity contribution >= 4 is 16.9 Å². The van der Waals surface area contributed by atoms with E-state index in [4.69, 9.17) is 9.15 Å². The van der Waals surface area contributed by atoms with Crippen molar-refractivity contribution < 1.29 is 13.9 Å². The van der Waals surface area contributed by atoms with Crippen LogP contribution in [0.1, 0.15) is 41.1 Å². The molecule has 1 aromatic heterocycles. The molecule has 5 nitrogen and oxygen atoms in total. The summed E-state index contributed by atoms with van der Waals surface area (Å²) >= 11 is 0. The van der Waals surface area contributed by atoms with E-state index in [1.165, 1.54) is 5.56 Å². The second kappa shape index (κ2) is 8.93. The van der Waals surface area contributed by atoms with Gasteiger partial charge in [0.25, 0.3) is 5.91 Å². The number of hydrogen-bond donors (Lipinski definition) is 1. The third kappa shape index (κ3) is 4.20. The van der Waals surface area contributed by atoms with Gasteiger partial charge in [0.05, 0.1) is 12.7 Å². The second-order valence-electron chi connectivity index (χ2n) is 6.81. The number of methoxy groups -OCH3 is 1. The van der Waals surface area contributed by atoms with Gasteiger partial charge < -0.3 is 14.5 Å². The van der Waals surface area contributed by atoms with Gasteiger partial charge in [0, 0.05) is 18.5 Å². The Balaban J connectivity index is 1.80. The zero-order chi connectivity index (χ0) is 20.1. The lowest BCUT2D eigenvalue weighted by Gasteiger charge is -2.20. The Hall–Kier alpha value is -2.79. The van der Waals surface area contributed by atoms with Gasteiger partial charge in [-0.1, -0.05) is 38.1 Å². The Bertz CT molecular complexity index is 958. The number of ether oxygens (including phenoxy) is 1. The van der Waals surface area contributed by atoms with Crippen LogP contribution in [0.15, 0.2) is 46.9 Å². The summed E-state index contributed by atoms with van der Waals surface area (Å²) in [5.41, 5.74) is 3.62. The van der Waals surface area contributed by atoms with Crippen LogP contribution in [0.25, 0.3) is 11.0 Å². The van der Waals surface area contributed by atoms with E-state index in [0.717, 1.165) is 30.6 Å². The molecule has 0 spiro atoms. The first kappa shape index (κ1) is 20.0. The molecule has 0 bridgehead atoms. The Labute approximate surface area is 166 Å². The average Bonchev–Trinajstić information content (AvgIpc) is 3.05. The molecule has 0 aliphatic carbocycles. The van der Waals surface area contributed by atoms with Gasteiger partial charge in [-0.3, -0.25) is 9.69 Å². The number of amides is 1. The number of benzene rings is 2. The summed E-state index contributed by atoms with van der Waals surface area (Å²) in [4.78, 5) is 15.3. The number of furan rings is 1. The van der Waals surface area contributed by atoms with Crippen molar-refractivity contribution in [2.75, 3.05) is 20.2 Å². The van der Waals surface area contributed by atoms with E-state index in [1.807, 2.05) is 37.3 Å². The summed E-state index contributed by atoms with van der Waals surface area (Å²) in [6.07, 6.45) is 0. The van der Waals surface area contributed by atoms with E-state index in [0.29, 0.717) is 29.2 Å². The lowest BCUT2D eigenvalue weighted by molar-refractivity contribution is 0.0950. The van der Waals surface area contributed by atoms with Gasteiger partial charge in [0.2, 0.25) is 0 Å². The van der Waals surface area contributed by atoms with E-state index in [9.17, 15) is 4.79 Å². The van der Waals surface area contributed by atoms with Crippen LogP contribution in [0.3, 0.4) is 0 Å². The molecule has 0 saturated carbocycles. The first-order valence-electron chi connectivity index (χ1n) is 9.71. The molecule has 0 unspecified atom stereocenters. The Kier molecular flexibility index (Phi) is 6.37. The minimum Gasteiger partial charge on any atom is -0.497 e. The van der Waals surface area contributed by atoms with Crippen molar-refractivity contribution in [1.82, 2.24) is 10.2 Å². The molecule has 0 fully saturated rings. The summed E-state index contributed by atoms with van der Waals surface area (Å²) in [5, 5.41) is 3.83. The smallest absolute Gasteiger partial charge is 0.255 e. The molecule has 3 rings (SSSR count). The van der Waals surface area contributed by atoms with Crippen molar-refractivity contribution in [2.45, 2.75) is 33.9 Å². The fourth-order valence-corrected chi connectivity index (χ4v) is 3.44. The van der Waals surface area contributed by atoms with Crippen molar-refractivity contribution in [2.24, 2.45) is 0 Å². The standard InChI is InChI=1S/C23H28N2O3/c1-5-25(6-2)15-18-10-8-7-9-17(18)14-24-23(26)22-16(3)28-21-12-11-19(27-4)13-20(21)22/h7-13H,5-6,14-15H2,1-4H3,(H,24,26). The van der Waals surface area contributed by atoms with Gasteiger partial charge in [0.1, 0.15) is 17.1 Å². The molecule has 5 heteroatoms. The molecular formula is C23H28N2O3. The molecule has 28 heavy (non-hydrogen) atoms. The number of carbonyl (C=O) groups is 1. The zero-order valence-electron chi connectivity index (χ0n) is 17.0. The van der Waals surface area contributed by atoms with Crippen LogP contribution in [-0.2, 0) is 13.1 Å². The third-order valence-electron chi connectivity index (χ3n) is 5.14. The van der Waals surface area contributed by atoms with Crippen LogP contribution in [0, 0.1) is 6.92 Å². The SMILES string of the molecule is CCN(CC)Cc1ccccc1CNC(=O)c1c(C)oc2ccc(OC)cc12. The van der Waals surface area contributed by atoms with Crippen LogP contribution in [0.2, 0.25) is 0 Å². The molecule has 0 aliphatic heterocycles. The highest BCUT2D eigenvalue weighted by Gasteiger charge is 2.19. The van der Waals surface area contributed by atoms with Crippen molar-refractivity contribution in [3.05, 3.63) is 64.9 Å². The van der Waals surface area contributed by atoms with E-state index in [-0.39, 0.29) is 5.91 Å². The number of rotatable bonds is 8. The van der Waals surface area contributed by atoms with Crippen LogP contribution in [-0.4, -0.2) is 31.0 Å². The van der Waals surface area contributed by atoms with Crippen LogP contribution in [0.5, 0.6) is 5.75 Å². The highest BCUT2D eigenvalue weighted by Crippen LogP contribution is 2.29. The number of fused-ring (bicyclic) bond motifs is 1. The maximum atomic E-state index is 12.9. The average molecular weight is 380 g/mol. The topological polar surface area (TPSA) is 54.7 Å². The number of hydrogen-bond acceptors (Lipinski definition) is 4. The quantitative estimate of drug-likeness (QED) is 0.624. The van der Waals surface area contributed by atoms with Crippen molar-refractivity contribution in [3.8, 4) is 5.75 Å². The number of nitrogens with one attached hydrogen (secondary N) is 1. The molecule has 148 valence electrons. The minimum atomic E-state index is -0.137. The molecule has 1 N–H and O–H groups in total. The summed E-state index contributed by atoms with van der Waals surface area (Å²) in [7, 11) is 1.61. The highest BCUT2D eigenvalue weighted by molar-refractivity contribution is 6.07. The Morgan fingerprint density at radius 2 is 1.82 bits per heavy atom. The molecule has 0 aliphatic rings. The molecular weight excluding hydrogens is 352 g/mol. The normalized spacial score (nSPS) is 11.2. The van der Waals surface area contributed by atoms with Gasteiger partial charge in [-0.05, 0) is 49.3 Å². The fraction of sp³-hybridized carbons (Fsp3) is 0.348. The maximum absolute atomic E-state index is 12.9. The Morgan fingerprint density at radius 1 is 1.11 bits per heavy atom. The molecule has 2 aromatic carbocycles.